The number of ether oxygens (including phenoxy) is 1. The summed E-state index contributed by atoms with van der Waals surface area (Å²) >= 11 is 0. The van der Waals surface area contributed by atoms with Crippen LogP contribution in [0.2, 0.25) is 0 Å². The molecule has 1 N–H and O–H groups in total. The molecule has 4 aromatic heterocycles. The van der Waals surface area contributed by atoms with E-state index >= 15 is 0 Å². The lowest BCUT2D eigenvalue weighted by atomic mass is 10.1. The zero-order valence-electron chi connectivity index (χ0n) is 18.2. The van der Waals surface area contributed by atoms with Crippen molar-refractivity contribution in [1.82, 2.24) is 19.9 Å². The second-order valence-corrected chi connectivity index (χ2v) is 7.43. The summed E-state index contributed by atoms with van der Waals surface area (Å²) in [5.74, 6) is -0.745. The fraction of sp³-hybridized carbons (Fsp3) is 0.0769. The molecule has 0 fully saturated rings. The first-order valence-corrected chi connectivity index (χ1v) is 10.7. The number of carbonyl (C=O) groups excluding carboxylic acids is 2. The number of nitrogens with one attached hydrogen (secondary N) is 1. The summed E-state index contributed by atoms with van der Waals surface area (Å²) in [7, 11) is 0. The van der Waals surface area contributed by atoms with Gasteiger partial charge in [-0.1, -0.05) is 6.07 Å². The first-order chi connectivity index (χ1) is 16.6. The first kappa shape index (κ1) is 21.1. The van der Waals surface area contributed by atoms with E-state index in [2.05, 4.69) is 25.3 Å². The van der Waals surface area contributed by atoms with Gasteiger partial charge >= 0.3 is 5.97 Å². The van der Waals surface area contributed by atoms with Gasteiger partial charge in [0.05, 0.1) is 40.3 Å². The number of hydrogen-bond acceptors (Lipinski definition) is 7. The average Bonchev–Trinajstić information content (AvgIpc) is 2.89. The maximum absolute atomic E-state index is 13.2. The van der Waals surface area contributed by atoms with Crippen LogP contribution in [0.15, 0.2) is 79.4 Å². The van der Waals surface area contributed by atoms with Gasteiger partial charge in [0, 0.05) is 41.1 Å². The van der Waals surface area contributed by atoms with E-state index in [1.807, 2.05) is 30.3 Å². The predicted octanol–water partition coefficient (Wildman–Crippen LogP) is 4.67. The van der Waals surface area contributed by atoms with E-state index in [4.69, 9.17) is 4.74 Å². The monoisotopic (exact) mass is 449 g/mol. The number of carbonyl (C=O) groups is 2. The summed E-state index contributed by atoms with van der Waals surface area (Å²) in [6, 6.07) is 15.8. The Kier molecular flexibility index (Phi) is 5.61. The normalized spacial score (nSPS) is 10.9. The number of pyridine rings is 4. The number of aromatic nitrogens is 4. The van der Waals surface area contributed by atoms with E-state index in [9.17, 15) is 9.59 Å². The van der Waals surface area contributed by atoms with Crippen LogP contribution < -0.4 is 5.32 Å². The van der Waals surface area contributed by atoms with E-state index in [0.717, 1.165) is 16.3 Å². The molecule has 0 aliphatic rings. The highest BCUT2D eigenvalue weighted by atomic mass is 16.5. The molecule has 0 unspecified atom stereocenters. The van der Waals surface area contributed by atoms with Crippen molar-refractivity contribution < 1.29 is 14.3 Å². The van der Waals surface area contributed by atoms with Crippen molar-refractivity contribution in [3.05, 3.63) is 90.5 Å². The zero-order chi connectivity index (χ0) is 23.5. The molecule has 5 aromatic rings. The van der Waals surface area contributed by atoms with Gasteiger partial charge in [-0.3, -0.25) is 24.7 Å². The molecule has 5 rings (SSSR count). The van der Waals surface area contributed by atoms with Gasteiger partial charge < -0.3 is 10.1 Å². The van der Waals surface area contributed by atoms with Crippen LogP contribution in [0.3, 0.4) is 0 Å². The predicted molar refractivity (Wildman–Crippen MR) is 128 cm³/mol. The molecule has 1 aromatic carbocycles. The molecule has 0 spiro atoms. The highest BCUT2D eigenvalue weighted by Gasteiger charge is 2.15. The van der Waals surface area contributed by atoms with Crippen LogP contribution in [-0.2, 0) is 4.74 Å². The maximum Gasteiger partial charge on any atom is 0.338 e. The van der Waals surface area contributed by atoms with Crippen LogP contribution in [0.25, 0.3) is 33.2 Å². The van der Waals surface area contributed by atoms with Gasteiger partial charge in [0.1, 0.15) is 0 Å². The number of hydrogen-bond donors (Lipinski definition) is 1. The minimum Gasteiger partial charge on any atom is -0.462 e. The summed E-state index contributed by atoms with van der Waals surface area (Å²) in [5, 5.41) is 4.66. The number of esters is 1. The van der Waals surface area contributed by atoms with Crippen molar-refractivity contribution >= 4 is 39.4 Å². The Morgan fingerprint density at radius 2 is 1.47 bits per heavy atom. The standard InChI is InChI=1S/C26H19N5O3/c1-2-34-26(33)18-8-12-28-22(15-18)21-14-17(7-11-27-21)25(32)31-20-13-16-5-3-9-29-23(16)24-19(20)6-4-10-30-24/h3-15H,2H2,1H3,(H,31,32). The van der Waals surface area contributed by atoms with Gasteiger partial charge in [-0.2, -0.15) is 0 Å². The molecule has 0 saturated carbocycles. The number of rotatable bonds is 5. The molecular weight excluding hydrogens is 430 g/mol. The van der Waals surface area contributed by atoms with Crippen LogP contribution in [0.5, 0.6) is 0 Å². The molecule has 1 amide bonds. The van der Waals surface area contributed by atoms with Gasteiger partial charge in [0.15, 0.2) is 0 Å². The Morgan fingerprint density at radius 1 is 0.794 bits per heavy atom. The Balaban J connectivity index is 1.48. The molecule has 0 bridgehead atoms. The molecule has 0 radical (unpaired) electrons. The minimum absolute atomic E-state index is 0.277. The molecule has 34 heavy (non-hydrogen) atoms. The van der Waals surface area contributed by atoms with Gasteiger partial charge in [0.25, 0.3) is 5.91 Å². The Hall–Kier alpha value is -4.72. The number of benzene rings is 1. The SMILES string of the molecule is CCOC(=O)c1ccnc(-c2cc(C(=O)Nc3cc4cccnc4c4ncccc34)ccn2)c1. The van der Waals surface area contributed by atoms with Crippen LogP contribution in [0.4, 0.5) is 5.69 Å². The summed E-state index contributed by atoms with van der Waals surface area (Å²) in [6.45, 7) is 2.02. The molecule has 166 valence electrons. The molecular formula is C26H19N5O3. The molecule has 8 nitrogen and oxygen atoms in total. The van der Waals surface area contributed by atoms with Crippen LogP contribution in [-0.4, -0.2) is 38.4 Å². The second-order valence-electron chi connectivity index (χ2n) is 7.43. The fourth-order valence-corrected chi connectivity index (χ4v) is 3.70. The quantitative estimate of drug-likeness (QED) is 0.307. The van der Waals surface area contributed by atoms with Crippen LogP contribution >= 0.6 is 0 Å². The average molecular weight is 449 g/mol. The third kappa shape index (κ3) is 4.04. The molecule has 8 heteroatoms. The lowest BCUT2D eigenvalue weighted by Gasteiger charge is -2.11. The summed E-state index contributed by atoms with van der Waals surface area (Å²) in [5.41, 5.74) is 3.82. The lowest BCUT2D eigenvalue weighted by Crippen LogP contribution is -2.13. The van der Waals surface area contributed by atoms with E-state index < -0.39 is 5.97 Å². The highest BCUT2D eigenvalue weighted by Crippen LogP contribution is 2.29. The van der Waals surface area contributed by atoms with Gasteiger partial charge in [0.2, 0.25) is 0 Å². The fourth-order valence-electron chi connectivity index (χ4n) is 3.70. The maximum atomic E-state index is 13.2. The van der Waals surface area contributed by atoms with Gasteiger partial charge in [-0.15, -0.1) is 0 Å². The summed E-state index contributed by atoms with van der Waals surface area (Å²) in [6.07, 6.45) is 6.47. The number of anilines is 1. The number of nitrogens with zero attached hydrogens (tertiary/aromatic N) is 4. The first-order valence-electron chi connectivity index (χ1n) is 10.7. The van der Waals surface area contributed by atoms with E-state index in [1.54, 1.807) is 43.6 Å². The van der Waals surface area contributed by atoms with E-state index in [1.165, 1.54) is 12.4 Å². The van der Waals surface area contributed by atoms with Gasteiger partial charge in [-0.25, -0.2) is 4.79 Å². The topological polar surface area (TPSA) is 107 Å². The third-order valence-corrected chi connectivity index (χ3v) is 5.26. The van der Waals surface area contributed by atoms with Crippen molar-refractivity contribution in [3.63, 3.8) is 0 Å². The van der Waals surface area contributed by atoms with Crippen LogP contribution in [0.1, 0.15) is 27.6 Å². The van der Waals surface area contributed by atoms with Crippen molar-refractivity contribution in [2.75, 3.05) is 11.9 Å². The van der Waals surface area contributed by atoms with Crippen molar-refractivity contribution in [3.8, 4) is 11.4 Å². The van der Waals surface area contributed by atoms with Crippen molar-refractivity contribution in [1.29, 1.82) is 0 Å². The number of fused-ring (bicyclic) bond motifs is 3. The van der Waals surface area contributed by atoms with Crippen LogP contribution in [0, 0.1) is 0 Å². The Labute approximate surface area is 194 Å². The molecule has 0 atom stereocenters. The largest absolute Gasteiger partial charge is 0.462 e. The third-order valence-electron chi connectivity index (χ3n) is 5.26. The molecule has 0 aliphatic carbocycles. The second kappa shape index (κ2) is 9.03. The highest BCUT2D eigenvalue weighted by molar-refractivity contribution is 6.14. The van der Waals surface area contributed by atoms with Crippen molar-refractivity contribution in [2.45, 2.75) is 6.92 Å². The van der Waals surface area contributed by atoms with E-state index in [-0.39, 0.29) is 12.5 Å². The summed E-state index contributed by atoms with van der Waals surface area (Å²) in [4.78, 5) is 42.8. The smallest absolute Gasteiger partial charge is 0.338 e. The minimum atomic E-state index is -0.439. The van der Waals surface area contributed by atoms with E-state index in [0.29, 0.717) is 33.7 Å². The molecule has 0 saturated heterocycles. The molecule has 0 aliphatic heterocycles. The number of amides is 1. The lowest BCUT2D eigenvalue weighted by molar-refractivity contribution is 0.0526. The molecule has 4 heterocycles. The summed E-state index contributed by atoms with van der Waals surface area (Å²) < 4.78 is 5.05. The Morgan fingerprint density at radius 3 is 2.24 bits per heavy atom. The Bertz CT molecular complexity index is 1550. The van der Waals surface area contributed by atoms with Gasteiger partial charge in [-0.05, 0) is 55.5 Å². The zero-order valence-corrected chi connectivity index (χ0v) is 18.2. The van der Waals surface area contributed by atoms with Crippen molar-refractivity contribution in [2.24, 2.45) is 0 Å².